The smallest absolute Gasteiger partial charge is 0.0931 e. The van der Waals surface area contributed by atoms with E-state index in [1.165, 1.54) is 11.3 Å². The van der Waals surface area contributed by atoms with Gasteiger partial charge in [0.25, 0.3) is 0 Å². The lowest BCUT2D eigenvalue weighted by atomic mass is 10.1. The average Bonchev–Trinajstić information content (AvgIpc) is 2.71. The van der Waals surface area contributed by atoms with Crippen molar-refractivity contribution in [2.45, 2.75) is 6.04 Å². The molecule has 0 fully saturated rings. The van der Waals surface area contributed by atoms with Gasteiger partial charge in [0.15, 0.2) is 0 Å². The molecule has 1 unspecified atom stereocenters. The second kappa shape index (κ2) is 5.69. The third kappa shape index (κ3) is 3.02. The molecule has 0 aliphatic rings. The fraction of sp³-hybridized carbons (Fsp3) is 0.0909. The minimum atomic E-state index is -0.0990. The summed E-state index contributed by atoms with van der Waals surface area (Å²) in [6.45, 7) is 0. The second-order valence-electron chi connectivity index (χ2n) is 3.42. The molecule has 0 spiro atoms. The summed E-state index contributed by atoms with van der Waals surface area (Å²) in [5.41, 5.74) is 3.77. The molecule has 0 saturated carbocycles. The van der Waals surface area contributed by atoms with Crippen LogP contribution in [0.25, 0.3) is 0 Å². The predicted octanol–water partition coefficient (Wildman–Crippen LogP) is 4.37. The van der Waals surface area contributed by atoms with Crippen LogP contribution in [0.1, 0.15) is 16.5 Å². The maximum absolute atomic E-state index is 6.07. The molecule has 0 aliphatic heterocycles. The highest BCUT2D eigenvalue weighted by Gasteiger charge is 2.15. The fourth-order valence-corrected chi connectivity index (χ4v) is 3.10. The Morgan fingerprint density at radius 1 is 1.24 bits per heavy atom. The molecule has 0 bridgehead atoms. The first-order valence-electron chi connectivity index (χ1n) is 4.78. The average molecular weight is 352 g/mol. The van der Waals surface area contributed by atoms with Crippen LogP contribution >= 0.6 is 50.5 Å². The van der Waals surface area contributed by atoms with Gasteiger partial charge in [0.05, 0.1) is 15.4 Å². The fourth-order valence-electron chi connectivity index (χ4n) is 1.52. The first-order valence-corrected chi connectivity index (χ1v) is 7.14. The molecular weight excluding hydrogens is 343 g/mol. The zero-order chi connectivity index (χ0) is 12.4. The van der Waals surface area contributed by atoms with Gasteiger partial charge in [0, 0.05) is 9.35 Å². The van der Waals surface area contributed by atoms with Gasteiger partial charge in [0.1, 0.15) is 0 Å². The van der Waals surface area contributed by atoms with E-state index < -0.39 is 0 Å². The summed E-state index contributed by atoms with van der Waals surface area (Å²) >= 11 is 16.8. The maximum atomic E-state index is 6.07. The van der Waals surface area contributed by atoms with Crippen LogP contribution in [-0.4, -0.2) is 0 Å². The summed E-state index contributed by atoms with van der Waals surface area (Å²) in [4.78, 5) is 1.05. The van der Waals surface area contributed by atoms with E-state index in [2.05, 4.69) is 21.4 Å². The number of thiophene rings is 1. The van der Waals surface area contributed by atoms with Crippen LogP contribution < -0.4 is 11.3 Å². The summed E-state index contributed by atoms with van der Waals surface area (Å²) < 4.78 is 1.60. The van der Waals surface area contributed by atoms with Gasteiger partial charge >= 0.3 is 0 Å². The van der Waals surface area contributed by atoms with Crippen molar-refractivity contribution in [1.29, 1.82) is 0 Å². The Labute approximate surface area is 122 Å². The van der Waals surface area contributed by atoms with Crippen LogP contribution in [0.5, 0.6) is 0 Å². The minimum absolute atomic E-state index is 0.0990. The van der Waals surface area contributed by atoms with Crippen molar-refractivity contribution in [1.82, 2.24) is 5.43 Å². The molecular formula is C11H9BrCl2N2S. The minimum Gasteiger partial charge on any atom is -0.271 e. The lowest BCUT2D eigenvalue weighted by Crippen LogP contribution is -2.28. The van der Waals surface area contributed by atoms with Crippen LogP contribution in [0.2, 0.25) is 9.36 Å². The zero-order valence-corrected chi connectivity index (χ0v) is 12.5. The quantitative estimate of drug-likeness (QED) is 0.636. The van der Waals surface area contributed by atoms with E-state index in [9.17, 15) is 0 Å². The van der Waals surface area contributed by atoms with Gasteiger partial charge in [-0.2, -0.15) is 0 Å². The third-order valence-electron chi connectivity index (χ3n) is 2.32. The Morgan fingerprint density at radius 2 is 2.00 bits per heavy atom. The molecule has 2 nitrogen and oxygen atoms in total. The standard InChI is InChI=1S/C11H9BrCl2N2S/c12-7-2-1-6(5-8(7)13)11(16-15)9-3-4-10(14)17-9/h1-5,11,16H,15H2. The molecule has 2 rings (SSSR count). The molecule has 1 aromatic heterocycles. The molecule has 1 atom stereocenters. The number of rotatable bonds is 3. The Balaban J connectivity index is 2.38. The van der Waals surface area contributed by atoms with Gasteiger partial charge in [0.2, 0.25) is 0 Å². The molecule has 6 heteroatoms. The monoisotopic (exact) mass is 350 g/mol. The number of nitrogens with one attached hydrogen (secondary N) is 1. The van der Waals surface area contributed by atoms with Gasteiger partial charge in [-0.3, -0.25) is 5.84 Å². The second-order valence-corrected chi connectivity index (χ2v) is 6.42. The lowest BCUT2D eigenvalue weighted by molar-refractivity contribution is 0.646. The number of halogens is 3. The number of nitrogens with two attached hydrogens (primary N) is 1. The Kier molecular flexibility index (Phi) is 4.47. The van der Waals surface area contributed by atoms with Crippen molar-refractivity contribution >= 4 is 50.5 Å². The van der Waals surface area contributed by atoms with Gasteiger partial charge in [-0.05, 0) is 45.8 Å². The molecule has 0 radical (unpaired) electrons. The van der Waals surface area contributed by atoms with E-state index >= 15 is 0 Å². The normalized spacial score (nSPS) is 12.7. The molecule has 0 aliphatic carbocycles. The summed E-state index contributed by atoms with van der Waals surface area (Å²) in [5, 5.41) is 0.658. The van der Waals surface area contributed by atoms with Crippen molar-refractivity contribution in [3.05, 3.63) is 54.6 Å². The summed E-state index contributed by atoms with van der Waals surface area (Å²) in [6.07, 6.45) is 0. The predicted molar refractivity (Wildman–Crippen MR) is 77.6 cm³/mol. The summed E-state index contributed by atoms with van der Waals surface area (Å²) in [7, 11) is 0. The molecule has 2 aromatic rings. The number of hydrogen-bond acceptors (Lipinski definition) is 3. The van der Waals surface area contributed by atoms with Gasteiger partial charge < -0.3 is 0 Å². The van der Waals surface area contributed by atoms with Crippen LogP contribution in [0, 0.1) is 0 Å². The SMILES string of the molecule is NNC(c1ccc(Br)c(Cl)c1)c1ccc(Cl)s1. The highest BCUT2D eigenvalue weighted by atomic mass is 79.9. The largest absolute Gasteiger partial charge is 0.271 e. The molecule has 3 N–H and O–H groups in total. The number of hydrazine groups is 1. The first kappa shape index (κ1) is 13.3. The molecule has 1 aromatic carbocycles. The van der Waals surface area contributed by atoms with Crippen LogP contribution in [-0.2, 0) is 0 Å². The summed E-state index contributed by atoms with van der Waals surface area (Å²) in [5.74, 6) is 5.59. The van der Waals surface area contributed by atoms with E-state index in [0.717, 1.165) is 19.2 Å². The van der Waals surface area contributed by atoms with Gasteiger partial charge in [-0.25, -0.2) is 5.43 Å². The Hall–Kier alpha value is -0.100. The van der Waals surface area contributed by atoms with Crippen LogP contribution in [0.3, 0.4) is 0 Å². The molecule has 90 valence electrons. The summed E-state index contributed by atoms with van der Waals surface area (Å²) in [6, 6.07) is 9.45. The van der Waals surface area contributed by atoms with Crippen molar-refractivity contribution in [3.63, 3.8) is 0 Å². The molecule has 0 amide bonds. The lowest BCUT2D eigenvalue weighted by Gasteiger charge is -2.15. The van der Waals surface area contributed by atoms with E-state index in [0.29, 0.717) is 5.02 Å². The zero-order valence-electron chi connectivity index (χ0n) is 8.58. The first-order chi connectivity index (χ1) is 8.11. The van der Waals surface area contributed by atoms with E-state index in [1.54, 1.807) is 0 Å². The van der Waals surface area contributed by atoms with E-state index in [-0.39, 0.29) is 6.04 Å². The van der Waals surface area contributed by atoms with Crippen molar-refractivity contribution in [2.24, 2.45) is 5.84 Å². The molecule has 17 heavy (non-hydrogen) atoms. The van der Waals surface area contributed by atoms with Crippen LogP contribution in [0.4, 0.5) is 0 Å². The van der Waals surface area contributed by atoms with E-state index in [1.807, 2.05) is 30.3 Å². The number of hydrogen-bond donors (Lipinski definition) is 2. The maximum Gasteiger partial charge on any atom is 0.0931 e. The van der Waals surface area contributed by atoms with Gasteiger partial charge in [-0.1, -0.05) is 29.3 Å². The highest BCUT2D eigenvalue weighted by molar-refractivity contribution is 9.10. The molecule has 1 heterocycles. The third-order valence-corrected chi connectivity index (χ3v) is 4.85. The number of benzene rings is 1. The Morgan fingerprint density at radius 3 is 2.53 bits per heavy atom. The van der Waals surface area contributed by atoms with Crippen LogP contribution in [0.15, 0.2) is 34.8 Å². The Bertz CT molecular complexity index is 530. The van der Waals surface area contributed by atoms with Crippen molar-refractivity contribution in [2.75, 3.05) is 0 Å². The topological polar surface area (TPSA) is 38.0 Å². The van der Waals surface area contributed by atoms with Crippen molar-refractivity contribution < 1.29 is 0 Å². The van der Waals surface area contributed by atoms with Gasteiger partial charge in [-0.15, -0.1) is 11.3 Å². The highest BCUT2D eigenvalue weighted by Crippen LogP contribution is 2.33. The molecule has 0 saturated heterocycles. The van der Waals surface area contributed by atoms with Crippen molar-refractivity contribution in [3.8, 4) is 0 Å². The van der Waals surface area contributed by atoms with E-state index in [4.69, 9.17) is 29.0 Å².